The van der Waals surface area contributed by atoms with Gasteiger partial charge in [0, 0.05) is 42.8 Å². The minimum absolute atomic E-state index is 0.00724. The zero-order valence-electron chi connectivity index (χ0n) is 38.4. The van der Waals surface area contributed by atoms with Crippen LogP contribution in [0.25, 0.3) is 10.8 Å². The first-order valence-electron chi connectivity index (χ1n) is 22.8. The molecule has 11 nitrogen and oxygen atoms in total. The van der Waals surface area contributed by atoms with E-state index in [4.69, 9.17) is 9.47 Å². The number of carbonyl (C=O) groups excluding carboxylic acids is 1. The van der Waals surface area contributed by atoms with Gasteiger partial charge in [-0.15, -0.1) is 0 Å². The van der Waals surface area contributed by atoms with Gasteiger partial charge in [0.1, 0.15) is 18.3 Å². The van der Waals surface area contributed by atoms with Crippen LogP contribution in [0.1, 0.15) is 75.6 Å². The smallest absolute Gasteiger partial charge is 0.167 e. The molecule has 0 saturated heterocycles. The number of phenolic OH excluding ortho intramolecular Hbond substituents is 3. The number of aliphatic hydroxyl groups is 2. The van der Waals surface area contributed by atoms with E-state index in [9.17, 15) is 25.5 Å². The van der Waals surface area contributed by atoms with E-state index in [-0.39, 0.29) is 49.1 Å². The number of hydrogen-bond acceptors (Lipinski definition) is 12. The number of nitrogens with one attached hydrogen (secondary N) is 2. The maximum Gasteiger partial charge on any atom is 0.167 e. The van der Waals surface area contributed by atoms with Gasteiger partial charge in [-0.2, -0.15) is 12.4 Å². The van der Waals surface area contributed by atoms with E-state index < -0.39 is 28.3 Å². The van der Waals surface area contributed by atoms with Gasteiger partial charge in [0.05, 0.1) is 29.5 Å². The number of ketones is 1. The lowest BCUT2D eigenvalue weighted by Gasteiger charge is -2.33. The van der Waals surface area contributed by atoms with E-state index in [1.807, 2.05) is 55.6 Å². The van der Waals surface area contributed by atoms with Gasteiger partial charge in [0.2, 0.25) is 0 Å². The van der Waals surface area contributed by atoms with Crippen LogP contribution in [-0.4, -0.2) is 76.2 Å². The summed E-state index contributed by atoms with van der Waals surface area (Å²) in [4.78, 5) is 20.0. The quantitative estimate of drug-likeness (QED) is 0.0387. The molecule has 352 valence electrons. The van der Waals surface area contributed by atoms with Gasteiger partial charge in [0.15, 0.2) is 23.0 Å². The van der Waals surface area contributed by atoms with Crippen LogP contribution >= 0.6 is 21.6 Å². The monoisotopic (exact) mass is 942 g/mol. The molecular formula is C54H60N3O8S2-. The largest absolute Gasteiger partial charge is 0.670 e. The van der Waals surface area contributed by atoms with Crippen molar-refractivity contribution in [2.45, 2.75) is 81.3 Å². The predicted molar refractivity (Wildman–Crippen MR) is 267 cm³/mol. The maximum absolute atomic E-state index is 15.7. The minimum Gasteiger partial charge on any atom is -0.670 e. The summed E-state index contributed by atoms with van der Waals surface area (Å²) in [6.45, 7) is 4.67. The van der Waals surface area contributed by atoms with E-state index in [1.165, 1.54) is 27.2 Å². The number of aryl methyl sites for hydroxylation is 1. The Bertz CT molecular complexity index is 2740. The number of carbonyl (C=O) groups is 1. The fraction of sp³-hybridized carbons (Fsp3) is 0.352. The molecule has 5 atom stereocenters. The van der Waals surface area contributed by atoms with Crippen molar-refractivity contribution >= 4 is 38.1 Å². The molecule has 0 radical (unpaired) electrons. The van der Waals surface area contributed by atoms with Crippen LogP contribution in [0.15, 0.2) is 109 Å². The number of β-amino-alcohol motifs (C(OH)–C–C–N with tert-alkyl or cyclic N) is 1. The normalized spacial score (nSPS) is 20.5. The SMILES string of the molecule is CCc1ccc2ccccc2c1Cc1c(CC(Cc2cc[n-]c2)C(O)CC(=O)C2(c3cc(O)cc(CNC)c3)C=CC3SSCC(C)(O)CNCOc4c(O)ccc(c43)C2)ccc(O)c1OC. The Morgan fingerprint density at radius 2 is 1.79 bits per heavy atom. The Hall–Kier alpha value is -5.41. The number of rotatable bonds is 15. The summed E-state index contributed by atoms with van der Waals surface area (Å²) in [5.41, 5.74) is 5.36. The lowest BCUT2D eigenvalue weighted by atomic mass is 9.69. The molecule has 8 rings (SSSR count). The Labute approximate surface area is 400 Å². The number of aliphatic hydroxyl groups excluding tert-OH is 1. The number of ether oxygens (including phenoxy) is 2. The fourth-order valence-corrected chi connectivity index (χ4v) is 12.8. The van der Waals surface area contributed by atoms with Crippen LogP contribution in [-0.2, 0) is 48.9 Å². The van der Waals surface area contributed by atoms with E-state index in [2.05, 4.69) is 46.8 Å². The van der Waals surface area contributed by atoms with E-state index in [1.54, 1.807) is 50.7 Å². The van der Waals surface area contributed by atoms with Crippen LogP contribution < -0.4 is 25.1 Å². The molecule has 2 heterocycles. The van der Waals surface area contributed by atoms with Crippen LogP contribution in [0.4, 0.5) is 0 Å². The second-order valence-corrected chi connectivity index (χ2v) is 20.7. The van der Waals surface area contributed by atoms with E-state index in [0.717, 1.165) is 56.1 Å². The molecule has 2 aliphatic rings. The summed E-state index contributed by atoms with van der Waals surface area (Å²) in [6, 6.07) is 26.7. The lowest BCUT2D eigenvalue weighted by Crippen LogP contribution is -2.41. The molecule has 67 heavy (non-hydrogen) atoms. The summed E-state index contributed by atoms with van der Waals surface area (Å²) in [5, 5.41) is 65.6. The van der Waals surface area contributed by atoms with Crippen molar-refractivity contribution in [3.05, 3.63) is 160 Å². The van der Waals surface area contributed by atoms with Gasteiger partial charge >= 0.3 is 0 Å². The molecule has 7 N–H and O–H groups in total. The topological polar surface area (TPSA) is 175 Å². The number of allylic oxidation sites excluding steroid dienone is 1. The van der Waals surface area contributed by atoms with E-state index in [0.29, 0.717) is 48.6 Å². The first-order chi connectivity index (χ1) is 32.3. The van der Waals surface area contributed by atoms with Crippen LogP contribution in [0.2, 0.25) is 0 Å². The molecule has 0 bridgehead atoms. The molecule has 0 amide bonds. The Morgan fingerprint density at radius 1 is 0.985 bits per heavy atom. The fourth-order valence-electron chi connectivity index (χ4n) is 9.83. The highest BCUT2D eigenvalue weighted by Crippen LogP contribution is 2.52. The minimum atomic E-state index is -1.38. The van der Waals surface area contributed by atoms with Gasteiger partial charge in [-0.1, -0.05) is 107 Å². The third-order valence-corrected chi connectivity index (χ3v) is 16.1. The van der Waals surface area contributed by atoms with Crippen LogP contribution in [0.5, 0.6) is 28.7 Å². The number of aromatic hydroxyl groups is 3. The first-order valence-corrected chi connectivity index (χ1v) is 25.2. The number of nitrogens with zero attached hydrogens (tertiary/aromatic N) is 1. The molecule has 5 aromatic carbocycles. The molecule has 0 saturated carbocycles. The van der Waals surface area contributed by atoms with Crippen molar-refractivity contribution in [3.63, 3.8) is 0 Å². The summed E-state index contributed by atoms with van der Waals surface area (Å²) in [6.07, 6.45) is 8.21. The maximum atomic E-state index is 15.7. The van der Waals surface area contributed by atoms with Crippen molar-refractivity contribution in [1.82, 2.24) is 15.6 Å². The zero-order chi connectivity index (χ0) is 47.3. The average molecular weight is 943 g/mol. The van der Waals surface area contributed by atoms with Crippen molar-refractivity contribution in [3.8, 4) is 28.7 Å². The molecule has 13 heteroatoms. The van der Waals surface area contributed by atoms with Crippen molar-refractivity contribution in [1.29, 1.82) is 0 Å². The standard InChI is InChI=1S/C54H60N3O8S2/c1-5-35-10-11-36-8-6-7-9-42(36)43(35)25-44-37(12-14-45(59)51(44)64-4)23-39(20-33-17-19-56-29-33)47(61)26-49(62)54(40-21-34(28-55-3)22-41(58)24-40)18-16-48-50-38(27-54)13-15-46(60)52(50)65-32-57-30-53(2,63)31-66-67-48/h6-19,21-22,24,29,39,47-48,55,57-61,63H,5,20,23,25-28,30-32H2,1-4H3/q-1. The number of Topliss-reactive ketones (excluding diaryl/α,β-unsaturated/α-hetero) is 1. The molecule has 6 aromatic rings. The highest BCUT2D eigenvalue weighted by atomic mass is 33.1. The zero-order valence-corrected chi connectivity index (χ0v) is 40.1. The van der Waals surface area contributed by atoms with Gasteiger partial charge in [-0.25, -0.2) is 0 Å². The average Bonchev–Trinajstić information content (AvgIpc) is 3.75. The molecule has 1 aromatic heterocycles. The van der Waals surface area contributed by atoms with Crippen molar-refractivity contribution in [2.75, 3.05) is 33.2 Å². The third-order valence-electron chi connectivity index (χ3n) is 13.3. The summed E-state index contributed by atoms with van der Waals surface area (Å²) in [7, 11) is 6.38. The predicted octanol–water partition coefficient (Wildman–Crippen LogP) is 8.38. The number of hydrogen-bond donors (Lipinski definition) is 7. The van der Waals surface area contributed by atoms with Gasteiger partial charge in [-0.05, 0) is 114 Å². The summed E-state index contributed by atoms with van der Waals surface area (Å²) in [5.74, 6) is 0.333. The Balaban J connectivity index is 1.21. The number of fused-ring (bicyclic) bond motifs is 1. The highest BCUT2D eigenvalue weighted by molar-refractivity contribution is 8.76. The molecule has 1 aliphatic heterocycles. The first kappa shape index (κ1) is 48.1. The Kier molecular flexibility index (Phi) is 15.0. The number of aromatic nitrogens is 1. The number of phenols is 3. The van der Waals surface area contributed by atoms with Gasteiger partial charge in [-0.3, -0.25) is 10.1 Å². The molecule has 0 spiro atoms. The van der Waals surface area contributed by atoms with Crippen molar-refractivity contribution in [2.24, 2.45) is 5.92 Å². The molecule has 5 unspecified atom stereocenters. The number of benzene rings is 5. The van der Waals surface area contributed by atoms with E-state index >= 15 is 4.79 Å². The summed E-state index contributed by atoms with van der Waals surface area (Å²) >= 11 is 0. The molecule has 0 fully saturated rings. The Morgan fingerprint density at radius 3 is 2.57 bits per heavy atom. The third kappa shape index (κ3) is 10.5. The second kappa shape index (κ2) is 20.8. The lowest BCUT2D eigenvalue weighted by molar-refractivity contribution is -0.125. The highest BCUT2D eigenvalue weighted by Gasteiger charge is 2.43. The van der Waals surface area contributed by atoms with Gasteiger partial charge in [0.25, 0.3) is 0 Å². The van der Waals surface area contributed by atoms with Crippen LogP contribution in [0.3, 0.4) is 0 Å². The second-order valence-electron chi connectivity index (χ2n) is 18.1. The molecule has 1 aliphatic carbocycles. The van der Waals surface area contributed by atoms with Crippen molar-refractivity contribution < 1.29 is 39.8 Å². The van der Waals surface area contributed by atoms with Crippen LogP contribution in [0, 0.1) is 5.92 Å². The summed E-state index contributed by atoms with van der Waals surface area (Å²) < 4.78 is 12.2. The van der Waals surface area contributed by atoms with Gasteiger partial charge < -0.3 is 45.3 Å². The molecular weight excluding hydrogens is 883 g/mol. The number of methoxy groups -OCH3 is 1.